The van der Waals surface area contributed by atoms with E-state index in [0.29, 0.717) is 12.3 Å². The zero-order chi connectivity index (χ0) is 13.6. The first-order valence-electron chi connectivity index (χ1n) is 7.11. The molecule has 2 rings (SSSR count). The van der Waals surface area contributed by atoms with E-state index in [-0.39, 0.29) is 11.3 Å². The molecule has 2 nitrogen and oxygen atoms in total. The molecule has 1 fully saturated rings. The molecule has 1 N–H and O–H groups in total. The number of carbonyl (C=O) groups is 1. The Bertz CT molecular complexity index is 398. The zero-order valence-electron chi connectivity index (χ0n) is 11.3. The first kappa shape index (κ1) is 14.4. The van der Waals surface area contributed by atoms with E-state index in [1.165, 1.54) is 18.4 Å². The van der Waals surface area contributed by atoms with Gasteiger partial charge in [0, 0.05) is 24.3 Å². The highest BCUT2D eigenvalue weighted by molar-refractivity contribution is 6.18. The summed E-state index contributed by atoms with van der Waals surface area (Å²) in [6, 6.07) is 10.1. The van der Waals surface area contributed by atoms with Crippen molar-refractivity contribution in [2.24, 2.45) is 5.41 Å². The van der Waals surface area contributed by atoms with Crippen molar-refractivity contribution >= 4 is 17.5 Å². The second-order valence-electron chi connectivity index (χ2n) is 5.60. The van der Waals surface area contributed by atoms with Crippen LogP contribution in [0, 0.1) is 5.41 Å². The van der Waals surface area contributed by atoms with Gasteiger partial charge in [-0.2, -0.15) is 0 Å². The smallest absolute Gasteiger partial charge is 0.220 e. The average molecular weight is 280 g/mol. The fraction of sp³-hybridized carbons (Fsp3) is 0.562. The van der Waals surface area contributed by atoms with Crippen molar-refractivity contribution in [3.63, 3.8) is 0 Å². The second kappa shape index (κ2) is 6.95. The summed E-state index contributed by atoms with van der Waals surface area (Å²) in [6.45, 7) is 0.740. The minimum atomic E-state index is 0.139. The van der Waals surface area contributed by atoms with Gasteiger partial charge in [-0.05, 0) is 24.8 Å². The number of halogens is 1. The molecule has 0 heterocycles. The van der Waals surface area contributed by atoms with Gasteiger partial charge in [-0.1, -0.05) is 43.2 Å². The Morgan fingerprint density at radius 3 is 2.53 bits per heavy atom. The number of aryl methyl sites for hydroxylation is 1. The highest BCUT2D eigenvalue weighted by Crippen LogP contribution is 2.38. The monoisotopic (exact) mass is 279 g/mol. The largest absolute Gasteiger partial charge is 0.355 e. The van der Waals surface area contributed by atoms with E-state index in [1.54, 1.807) is 0 Å². The van der Waals surface area contributed by atoms with E-state index < -0.39 is 0 Å². The van der Waals surface area contributed by atoms with Gasteiger partial charge in [0.25, 0.3) is 0 Å². The highest BCUT2D eigenvalue weighted by atomic mass is 35.5. The number of alkyl halides is 1. The van der Waals surface area contributed by atoms with E-state index in [9.17, 15) is 4.79 Å². The molecule has 0 unspecified atom stereocenters. The summed E-state index contributed by atoms with van der Waals surface area (Å²) in [5.74, 6) is 0.798. The Morgan fingerprint density at radius 1 is 1.21 bits per heavy atom. The number of hydrogen-bond acceptors (Lipinski definition) is 1. The standard InChI is InChI=1S/C16H22ClNO/c17-12-16(10-4-5-11-16)13-18-15(19)9-8-14-6-2-1-3-7-14/h1-3,6-7H,4-5,8-13H2,(H,18,19). The third-order valence-corrected chi connectivity index (χ3v) is 4.66. The van der Waals surface area contributed by atoms with Gasteiger partial charge < -0.3 is 5.32 Å². The van der Waals surface area contributed by atoms with E-state index in [1.807, 2.05) is 18.2 Å². The molecule has 3 heteroatoms. The van der Waals surface area contributed by atoms with Crippen LogP contribution in [0.25, 0.3) is 0 Å². The normalized spacial score (nSPS) is 17.3. The molecule has 104 valence electrons. The first-order valence-corrected chi connectivity index (χ1v) is 7.64. The predicted molar refractivity (Wildman–Crippen MR) is 79.4 cm³/mol. The van der Waals surface area contributed by atoms with Crippen molar-refractivity contribution < 1.29 is 4.79 Å². The molecular formula is C16H22ClNO. The maximum Gasteiger partial charge on any atom is 0.220 e. The van der Waals surface area contributed by atoms with Gasteiger partial charge in [0.1, 0.15) is 0 Å². The van der Waals surface area contributed by atoms with E-state index >= 15 is 0 Å². The summed E-state index contributed by atoms with van der Waals surface area (Å²) < 4.78 is 0. The summed E-state index contributed by atoms with van der Waals surface area (Å²) in [4.78, 5) is 11.9. The molecule has 0 atom stereocenters. The van der Waals surface area contributed by atoms with Crippen molar-refractivity contribution in [3.8, 4) is 0 Å². The van der Waals surface area contributed by atoms with Crippen molar-refractivity contribution in [2.75, 3.05) is 12.4 Å². The lowest BCUT2D eigenvalue weighted by Crippen LogP contribution is -2.37. The van der Waals surface area contributed by atoms with E-state index in [4.69, 9.17) is 11.6 Å². The molecule has 0 aliphatic heterocycles. The SMILES string of the molecule is O=C(CCc1ccccc1)NCC1(CCl)CCCC1. The van der Waals surface area contributed by atoms with E-state index in [0.717, 1.165) is 25.8 Å². The van der Waals surface area contributed by atoms with Crippen LogP contribution in [0.5, 0.6) is 0 Å². The average Bonchev–Trinajstić information content (AvgIpc) is 2.93. The Morgan fingerprint density at radius 2 is 1.89 bits per heavy atom. The Kier molecular flexibility index (Phi) is 5.26. The van der Waals surface area contributed by atoms with Crippen LogP contribution in [0.1, 0.15) is 37.7 Å². The summed E-state index contributed by atoms with van der Waals surface area (Å²) in [5.41, 5.74) is 1.37. The van der Waals surface area contributed by atoms with Crippen LogP contribution >= 0.6 is 11.6 Å². The number of hydrogen-bond donors (Lipinski definition) is 1. The lowest BCUT2D eigenvalue weighted by Gasteiger charge is -2.26. The van der Waals surface area contributed by atoms with Crippen molar-refractivity contribution in [1.82, 2.24) is 5.32 Å². The summed E-state index contributed by atoms with van der Waals surface area (Å²) >= 11 is 6.07. The van der Waals surface area contributed by atoms with Crippen LogP contribution < -0.4 is 5.32 Å². The second-order valence-corrected chi connectivity index (χ2v) is 5.87. The van der Waals surface area contributed by atoms with Crippen LogP contribution in [-0.4, -0.2) is 18.3 Å². The number of benzene rings is 1. The molecule has 1 saturated carbocycles. The van der Waals surface area contributed by atoms with Gasteiger partial charge in [-0.25, -0.2) is 0 Å². The molecule has 1 aliphatic carbocycles. The molecule has 19 heavy (non-hydrogen) atoms. The Balaban J connectivity index is 1.72. The molecule has 1 aromatic carbocycles. The summed E-state index contributed by atoms with van der Waals surface area (Å²) in [7, 11) is 0. The predicted octanol–water partition coefficient (Wildman–Crippen LogP) is 3.53. The number of carbonyl (C=O) groups excluding carboxylic acids is 1. The van der Waals surface area contributed by atoms with Gasteiger partial charge in [0.15, 0.2) is 0 Å². The van der Waals surface area contributed by atoms with Crippen LogP contribution in [0.15, 0.2) is 30.3 Å². The Labute approximate surface area is 120 Å². The molecule has 1 aliphatic rings. The number of rotatable bonds is 6. The topological polar surface area (TPSA) is 29.1 Å². The fourth-order valence-electron chi connectivity index (χ4n) is 2.76. The molecule has 0 saturated heterocycles. The molecule has 0 aromatic heterocycles. The van der Waals surface area contributed by atoms with Crippen molar-refractivity contribution in [3.05, 3.63) is 35.9 Å². The van der Waals surface area contributed by atoms with Gasteiger partial charge in [0.05, 0.1) is 0 Å². The molecular weight excluding hydrogens is 258 g/mol. The van der Waals surface area contributed by atoms with Gasteiger partial charge in [-0.15, -0.1) is 11.6 Å². The lowest BCUT2D eigenvalue weighted by atomic mass is 9.88. The third kappa shape index (κ3) is 4.24. The molecule has 1 aromatic rings. The van der Waals surface area contributed by atoms with Gasteiger partial charge in [0.2, 0.25) is 5.91 Å². The first-order chi connectivity index (χ1) is 9.24. The van der Waals surface area contributed by atoms with Crippen molar-refractivity contribution in [1.29, 1.82) is 0 Å². The minimum Gasteiger partial charge on any atom is -0.355 e. The van der Waals surface area contributed by atoms with Crippen LogP contribution in [0.2, 0.25) is 0 Å². The van der Waals surface area contributed by atoms with Crippen LogP contribution in [-0.2, 0) is 11.2 Å². The molecule has 1 amide bonds. The minimum absolute atomic E-state index is 0.139. The maximum atomic E-state index is 11.9. The van der Waals surface area contributed by atoms with Gasteiger partial charge >= 0.3 is 0 Å². The molecule has 0 spiro atoms. The van der Waals surface area contributed by atoms with Crippen molar-refractivity contribution in [2.45, 2.75) is 38.5 Å². The van der Waals surface area contributed by atoms with Crippen LogP contribution in [0.3, 0.4) is 0 Å². The zero-order valence-corrected chi connectivity index (χ0v) is 12.1. The molecule has 0 bridgehead atoms. The summed E-state index contributed by atoms with van der Waals surface area (Å²) in [6.07, 6.45) is 6.15. The quantitative estimate of drug-likeness (QED) is 0.793. The summed E-state index contributed by atoms with van der Waals surface area (Å²) in [5, 5.41) is 3.06. The Hall–Kier alpha value is -1.02. The third-order valence-electron chi connectivity index (χ3n) is 4.09. The number of amides is 1. The maximum absolute atomic E-state index is 11.9. The highest BCUT2D eigenvalue weighted by Gasteiger charge is 2.33. The lowest BCUT2D eigenvalue weighted by molar-refractivity contribution is -0.121. The fourth-order valence-corrected chi connectivity index (χ4v) is 3.12. The van der Waals surface area contributed by atoms with Gasteiger partial charge in [-0.3, -0.25) is 4.79 Å². The van der Waals surface area contributed by atoms with E-state index in [2.05, 4.69) is 17.4 Å². The molecule has 0 radical (unpaired) electrons. The van der Waals surface area contributed by atoms with Crippen LogP contribution in [0.4, 0.5) is 0 Å². The number of nitrogens with one attached hydrogen (secondary N) is 1.